The number of anilines is 1. The molecule has 0 radical (unpaired) electrons. The van der Waals surface area contributed by atoms with Gasteiger partial charge in [-0.15, -0.1) is 11.3 Å². The summed E-state index contributed by atoms with van der Waals surface area (Å²) in [5.74, 6) is 0.0910. The van der Waals surface area contributed by atoms with Gasteiger partial charge in [-0.2, -0.15) is 0 Å². The zero-order valence-electron chi connectivity index (χ0n) is 16.0. The van der Waals surface area contributed by atoms with Crippen LogP contribution in [-0.2, 0) is 4.79 Å². The van der Waals surface area contributed by atoms with Crippen molar-refractivity contribution in [3.63, 3.8) is 0 Å². The Kier molecular flexibility index (Phi) is 6.65. The third-order valence-electron chi connectivity index (χ3n) is 4.00. The monoisotopic (exact) mass is 408 g/mol. The fraction of sp³-hybridized carbons (Fsp3) is 0.0909. The molecule has 0 bridgehead atoms. The van der Waals surface area contributed by atoms with E-state index in [1.54, 1.807) is 36.4 Å². The molecule has 29 heavy (non-hydrogen) atoms. The maximum atomic E-state index is 12.8. The van der Waals surface area contributed by atoms with E-state index in [-0.39, 0.29) is 5.70 Å². The Morgan fingerprint density at radius 1 is 0.931 bits per heavy atom. The molecule has 2 aromatic carbocycles. The molecule has 0 saturated carbocycles. The van der Waals surface area contributed by atoms with Gasteiger partial charge in [0.15, 0.2) is 11.5 Å². The number of benzene rings is 2. The number of ether oxygens (including phenoxy) is 2. The fourth-order valence-corrected chi connectivity index (χ4v) is 3.22. The molecule has 7 heteroatoms. The Hall–Kier alpha value is -3.58. The van der Waals surface area contributed by atoms with Crippen molar-refractivity contribution in [2.45, 2.75) is 0 Å². The van der Waals surface area contributed by atoms with Crippen LogP contribution in [0.15, 0.2) is 71.7 Å². The number of para-hydroxylation sites is 1. The van der Waals surface area contributed by atoms with Crippen molar-refractivity contribution in [2.24, 2.45) is 0 Å². The van der Waals surface area contributed by atoms with Crippen LogP contribution in [0.2, 0.25) is 0 Å². The number of thiophene rings is 1. The van der Waals surface area contributed by atoms with Crippen LogP contribution in [0.5, 0.6) is 11.5 Å². The van der Waals surface area contributed by atoms with Crippen molar-refractivity contribution >= 4 is 34.9 Å². The summed E-state index contributed by atoms with van der Waals surface area (Å²) in [4.78, 5) is 26.4. The van der Waals surface area contributed by atoms with E-state index in [0.717, 1.165) is 4.88 Å². The maximum absolute atomic E-state index is 12.8. The Bertz CT molecular complexity index is 1010. The predicted octanol–water partition coefficient (Wildman–Crippen LogP) is 4.17. The van der Waals surface area contributed by atoms with E-state index in [2.05, 4.69) is 10.6 Å². The highest BCUT2D eigenvalue weighted by molar-refractivity contribution is 7.10. The second-order valence-corrected chi connectivity index (χ2v) is 6.90. The summed E-state index contributed by atoms with van der Waals surface area (Å²) >= 11 is 1.46. The Morgan fingerprint density at radius 2 is 1.69 bits per heavy atom. The average molecular weight is 408 g/mol. The standard InChI is InChI=1S/C22H20N2O4S/c1-27-19-11-10-15(13-20(19)28-2)21(25)24-18(14-17-9-6-12-29-17)22(26)23-16-7-4-3-5-8-16/h3-14H,1-2H3,(H,23,26)(H,24,25)/b18-14-. The highest BCUT2D eigenvalue weighted by Crippen LogP contribution is 2.27. The summed E-state index contributed by atoms with van der Waals surface area (Å²) in [5.41, 5.74) is 1.11. The number of rotatable bonds is 7. The van der Waals surface area contributed by atoms with Crippen LogP contribution in [0.4, 0.5) is 5.69 Å². The van der Waals surface area contributed by atoms with Crippen LogP contribution < -0.4 is 20.1 Å². The Balaban J connectivity index is 1.85. The largest absolute Gasteiger partial charge is 0.493 e. The predicted molar refractivity (Wildman–Crippen MR) is 114 cm³/mol. The first kappa shape index (κ1) is 20.2. The molecule has 1 aromatic heterocycles. The number of carbonyl (C=O) groups is 2. The molecule has 0 unspecified atom stereocenters. The smallest absolute Gasteiger partial charge is 0.272 e. The highest BCUT2D eigenvalue weighted by atomic mass is 32.1. The minimum atomic E-state index is -0.433. The van der Waals surface area contributed by atoms with Crippen molar-refractivity contribution in [2.75, 3.05) is 19.5 Å². The van der Waals surface area contributed by atoms with E-state index < -0.39 is 11.8 Å². The number of hydrogen-bond acceptors (Lipinski definition) is 5. The summed E-state index contributed by atoms with van der Waals surface area (Å²) in [6, 6.07) is 17.6. The summed E-state index contributed by atoms with van der Waals surface area (Å²) < 4.78 is 10.4. The molecule has 3 aromatic rings. The summed E-state index contributed by atoms with van der Waals surface area (Å²) in [5, 5.41) is 7.39. The molecule has 148 valence electrons. The van der Waals surface area contributed by atoms with Gasteiger partial charge < -0.3 is 20.1 Å². The third kappa shape index (κ3) is 5.24. The van der Waals surface area contributed by atoms with Crippen LogP contribution in [0.1, 0.15) is 15.2 Å². The second-order valence-electron chi connectivity index (χ2n) is 5.92. The number of carbonyl (C=O) groups excluding carboxylic acids is 2. The summed E-state index contributed by atoms with van der Waals surface area (Å²) in [7, 11) is 3.02. The molecule has 0 atom stereocenters. The van der Waals surface area contributed by atoms with Crippen LogP contribution in [0.25, 0.3) is 6.08 Å². The molecular formula is C22H20N2O4S. The van der Waals surface area contributed by atoms with Gasteiger partial charge in [-0.25, -0.2) is 0 Å². The lowest BCUT2D eigenvalue weighted by Crippen LogP contribution is -2.30. The van der Waals surface area contributed by atoms with Crippen molar-refractivity contribution in [1.29, 1.82) is 0 Å². The maximum Gasteiger partial charge on any atom is 0.272 e. The van der Waals surface area contributed by atoms with Gasteiger partial charge in [-0.3, -0.25) is 9.59 Å². The van der Waals surface area contributed by atoms with Gasteiger partial charge >= 0.3 is 0 Å². The van der Waals surface area contributed by atoms with Gasteiger partial charge in [0.2, 0.25) is 0 Å². The van der Waals surface area contributed by atoms with Gasteiger partial charge in [0.05, 0.1) is 14.2 Å². The zero-order valence-corrected chi connectivity index (χ0v) is 16.8. The molecule has 0 aliphatic rings. The van der Waals surface area contributed by atoms with Gasteiger partial charge in [0.1, 0.15) is 5.70 Å². The number of amides is 2. The first-order valence-corrected chi connectivity index (χ1v) is 9.63. The van der Waals surface area contributed by atoms with Crippen molar-refractivity contribution in [1.82, 2.24) is 5.32 Å². The van der Waals surface area contributed by atoms with Crippen LogP contribution >= 0.6 is 11.3 Å². The zero-order chi connectivity index (χ0) is 20.6. The van der Waals surface area contributed by atoms with Gasteiger partial charge in [0, 0.05) is 16.1 Å². The summed E-state index contributed by atoms with van der Waals surface area (Å²) in [6.45, 7) is 0. The van der Waals surface area contributed by atoms with Crippen LogP contribution in [-0.4, -0.2) is 26.0 Å². The van der Waals surface area contributed by atoms with Crippen molar-refractivity contribution in [3.8, 4) is 11.5 Å². The Morgan fingerprint density at radius 3 is 2.34 bits per heavy atom. The molecule has 3 rings (SSSR count). The molecule has 2 N–H and O–H groups in total. The fourth-order valence-electron chi connectivity index (χ4n) is 2.57. The third-order valence-corrected chi connectivity index (χ3v) is 4.82. The second kappa shape index (κ2) is 9.57. The average Bonchev–Trinajstić information content (AvgIpc) is 3.26. The highest BCUT2D eigenvalue weighted by Gasteiger charge is 2.17. The molecule has 0 fully saturated rings. The number of nitrogens with one attached hydrogen (secondary N) is 2. The van der Waals surface area contributed by atoms with E-state index >= 15 is 0 Å². The first-order chi connectivity index (χ1) is 14.1. The molecule has 2 amide bonds. The quantitative estimate of drug-likeness (QED) is 0.575. The topological polar surface area (TPSA) is 76.7 Å². The molecule has 6 nitrogen and oxygen atoms in total. The van der Waals surface area contributed by atoms with Crippen molar-refractivity contribution in [3.05, 3.63) is 82.2 Å². The molecule has 0 aliphatic heterocycles. The Labute approximate surface area is 172 Å². The van der Waals surface area contributed by atoms with Crippen LogP contribution in [0, 0.1) is 0 Å². The molecule has 0 aliphatic carbocycles. The molecule has 0 saturated heterocycles. The number of hydrogen-bond donors (Lipinski definition) is 2. The van der Waals surface area contributed by atoms with E-state index in [1.807, 2.05) is 35.7 Å². The van der Waals surface area contributed by atoms with Gasteiger partial charge in [-0.05, 0) is 47.9 Å². The lowest BCUT2D eigenvalue weighted by molar-refractivity contribution is -0.113. The minimum Gasteiger partial charge on any atom is -0.493 e. The lowest BCUT2D eigenvalue weighted by Gasteiger charge is -2.12. The van der Waals surface area contributed by atoms with E-state index in [4.69, 9.17) is 9.47 Å². The van der Waals surface area contributed by atoms with E-state index in [9.17, 15) is 9.59 Å². The minimum absolute atomic E-state index is 0.135. The lowest BCUT2D eigenvalue weighted by atomic mass is 10.1. The molecule has 0 spiro atoms. The first-order valence-electron chi connectivity index (χ1n) is 8.75. The van der Waals surface area contributed by atoms with E-state index in [0.29, 0.717) is 22.7 Å². The van der Waals surface area contributed by atoms with Crippen molar-refractivity contribution < 1.29 is 19.1 Å². The number of methoxy groups -OCH3 is 2. The SMILES string of the molecule is COc1ccc(C(=O)N/C(=C\c2cccs2)C(=O)Nc2ccccc2)cc1OC. The normalized spacial score (nSPS) is 10.9. The van der Waals surface area contributed by atoms with Gasteiger partial charge in [0.25, 0.3) is 11.8 Å². The van der Waals surface area contributed by atoms with Crippen LogP contribution in [0.3, 0.4) is 0 Å². The summed E-state index contributed by atoms with van der Waals surface area (Å²) in [6.07, 6.45) is 1.64. The van der Waals surface area contributed by atoms with E-state index in [1.165, 1.54) is 25.6 Å². The van der Waals surface area contributed by atoms with Gasteiger partial charge in [-0.1, -0.05) is 24.3 Å². The molecular weight excluding hydrogens is 388 g/mol. The molecule has 1 heterocycles.